The van der Waals surface area contributed by atoms with Gasteiger partial charge in [0.25, 0.3) is 0 Å². The Kier molecular flexibility index (Phi) is 11.9. The van der Waals surface area contributed by atoms with Gasteiger partial charge in [0, 0.05) is 39.4 Å². The fraction of sp³-hybridized carbons (Fsp3) is 0.556. The molecule has 0 aromatic heterocycles. The standard InChI is InChI=1S/C18H28F3N5O.HI/c1-5-26(15-8-6-7-14(2)11-15)10-9-23-17(22-3)24-12-16(27)25(4)13-18(19,20)21;/h6-8,11H,5,9-10,12-13H2,1-4H3,(H2,22,23,24);1H. The van der Waals surface area contributed by atoms with E-state index < -0.39 is 18.6 Å². The van der Waals surface area contributed by atoms with Gasteiger partial charge in [0.15, 0.2) is 5.96 Å². The maximum absolute atomic E-state index is 12.3. The van der Waals surface area contributed by atoms with Crippen LogP contribution in [0.5, 0.6) is 0 Å². The number of aliphatic imine (C=N–C) groups is 1. The SMILES string of the molecule is CCN(CCNC(=NC)NCC(=O)N(C)CC(F)(F)F)c1cccc(C)c1.I. The molecule has 0 fully saturated rings. The van der Waals surface area contributed by atoms with Gasteiger partial charge in [0.1, 0.15) is 6.54 Å². The number of carbonyl (C=O) groups is 1. The van der Waals surface area contributed by atoms with Crippen LogP contribution in [0.2, 0.25) is 0 Å². The lowest BCUT2D eigenvalue weighted by molar-refractivity contribution is -0.157. The molecule has 1 aromatic rings. The Morgan fingerprint density at radius 3 is 2.46 bits per heavy atom. The second-order valence-corrected chi connectivity index (χ2v) is 6.14. The summed E-state index contributed by atoms with van der Waals surface area (Å²) in [6.07, 6.45) is -4.41. The third-order valence-corrected chi connectivity index (χ3v) is 3.90. The number of likely N-dealkylation sites (N-methyl/N-ethyl adjacent to an activating group) is 2. The number of alkyl halides is 3. The van der Waals surface area contributed by atoms with Crippen LogP contribution in [0, 0.1) is 6.92 Å². The first-order valence-corrected chi connectivity index (χ1v) is 8.73. The van der Waals surface area contributed by atoms with Crippen molar-refractivity contribution in [1.82, 2.24) is 15.5 Å². The summed E-state index contributed by atoms with van der Waals surface area (Å²) in [4.78, 5) is 18.6. The fourth-order valence-corrected chi connectivity index (χ4v) is 2.48. The van der Waals surface area contributed by atoms with Gasteiger partial charge in [0.2, 0.25) is 5.91 Å². The van der Waals surface area contributed by atoms with Crippen LogP contribution in [0.1, 0.15) is 12.5 Å². The van der Waals surface area contributed by atoms with Crippen LogP contribution in [-0.4, -0.2) is 69.8 Å². The van der Waals surface area contributed by atoms with E-state index in [0.717, 1.165) is 19.3 Å². The third-order valence-electron chi connectivity index (χ3n) is 3.90. The van der Waals surface area contributed by atoms with E-state index in [1.807, 2.05) is 25.1 Å². The summed E-state index contributed by atoms with van der Waals surface area (Å²) < 4.78 is 37.0. The maximum atomic E-state index is 12.3. The predicted molar refractivity (Wildman–Crippen MR) is 118 cm³/mol. The van der Waals surface area contributed by atoms with Crippen LogP contribution in [-0.2, 0) is 4.79 Å². The minimum Gasteiger partial charge on any atom is -0.370 e. The van der Waals surface area contributed by atoms with Gasteiger partial charge < -0.3 is 20.4 Å². The molecule has 0 heterocycles. The molecule has 2 N–H and O–H groups in total. The second-order valence-electron chi connectivity index (χ2n) is 6.14. The van der Waals surface area contributed by atoms with Crippen molar-refractivity contribution in [1.29, 1.82) is 0 Å². The van der Waals surface area contributed by atoms with E-state index in [2.05, 4.69) is 33.5 Å². The van der Waals surface area contributed by atoms with E-state index >= 15 is 0 Å². The number of aryl methyl sites for hydroxylation is 1. The Balaban J connectivity index is 0.00000729. The number of amides is 1. The Bertz CT molecular complexity index is 640. The number of hydrogen-bond acceptors (Lipinski definition) is 3. The van der Waals surface area contributed by atoms with E-state index in [1.165, 1.54) is 12.6 Å². The molecule has 0 aliphatic carbocycles. The van der Waals surface area contributed by atoms with Crippen molar-refractivity contribution in [2.24, 2.45) is 4.99 Å². The molecule has 0 atom stereocenters. The lowest BCUT2D eigenvalue weighted by Gasteiger charge is -2.24. The molecular weight excluding hydrogens is 486 g/mol. The molecule has 0 aliphatic heterocycles. The lowest BCUT2D eigenvalue weighted by Crippen LogP contribution is -2.47. The highest BCUT2D eigenvalue weighted by Crippen LogP contribution is 2.16. The molecule has 1 amide bonds. The van der Waals surface area contributed by atoms with Crippen molar-refractivity contribution in [2.45, 2.75) is 20.0 Å². The average molecular weight is 515 g/mol. The van der Waals surface area contributed by atoms with Crippen molar-refractivity contribution < 1.29 is 18.0 Å². The van der Waals surface area contributed by atoms with E-state index in [0.29, 0.717) is 23.9 Å². The first kappa shape index (κ1) is 26.3. The number of nitrogens with one attached hydrogen (secondary N) is 2. The van der Waals surface area contributed by atoms with Gasteiger partial charge in [-0.25, -0.2) is 0 Å². The monoisotopic (exact) mass is 515 g/mol. The van der Waals surface area contributed by atoms with Crippen LogP contribution in [0.15, 0.2) is 29.3 Å². The first-order chi connectivity index (χ1) is 12.7. The fourth-order valence-electron chi connectivity index (χ4n) is 2.48. The van der Waals surface area contributed by atoms with E-state index in [1.54, 1.807) is 0 Å². The number of nitrogens with zero attached hydrogens (tertiary/aromatic N) is 3. The number of anilines is 1. The molecule has 0 bridgehead atoms. The number of guanidine groups is 1. The van der Waals surface area contributed by atoms with Crippen LogP contribution in [0.4, 0.5) is 18.9 Å². The Hall–Kier alpha value is -1.72. The van der Waals surface area contributed by atoms with Gasteiger partial charge in [-0.2, -0.15) is 13.2 Å². The van der Waals surface area contributed by atoms with Crippen LogP contribution in [0.3, 0.4) is 0 Å². The van der Waals surface area contributed by atoms with Crippen molar-refractivity contribution >= 4 is 41.5 Å². The summed E-state index contributed by atoms with van der Waals surface area (Å²) in [6, 6.07) is 8.18. The van der Waals surface area contributed by atoms with Gasteiger partial charge in [0.05, 0.1) is 6.54 Å². The highest BCUT2D eigenvalue weighted by atomic mass is 127. The first-order valence-electron chi connectivity index (χ1n) is 8.73. The minimum atomic E-state index is -4.41. The number of rotatable bonds is 8. The normalized spacial score (nSPS) is 11.5. The molecule has 0 saturated heterocycles. The molecule has 0 saturated carbocycles. The van der Waals surface area contributed by atoms with Crippen molar-refractivity contribution in [3.8, 4) is 0 Å². The van der Waals surface area contributed by atoms with Crippen LogP contribution in [0.25, 0.3) is 0 Å². The number of halogens is 4. The molecule has 28 heavy (non-hydrogen) atoms. The average Bonchev–Trinajstić information content (AvgIpc) is 2.59. The smallest absolute Gasteiger partial charge is 0.370 e. The molecular formula is C18H29F3IN5O. The maximum Gasteiger partial charge on any atom is 0.406 e. The summed E-state index contributed by atoms with van der Waals surface area (Å²) in [6.45, 7) is 4.66. The zero-order chi connectivity index (χ0) is 20.4. The van der Waals surface area contributed by atoms with Gasteiger partial charge in [-0.05, 0) is 31.5 Å². The van der Waals surface area contributed by atoms with Crippen molar-refractivity contribution in [2.75, 3.05) is 51.7 Å². The largest absolute Gasteiger partial charge is 0.406 e. The Labute approximate surface area is 181 Å². The number of hydrogen-bond donors (Lipinski definition) is 2. The minimum absolute atomic E-state index is 0. The molecule has 10 heteroatoms. The zero-order valence-electron chi connectivity index (χ0n) is 16.6. The molecule has 1 rings (SSSR count). The van der Waals surface area contributed by atoms with Crippen LogP contribution < -0.4 is 15.5 Å². The number of carbonyl (C=O) groups excluding carboxylic acids is 1. The highest BCUT2D eigenvalue weighted by Gasteiger charge is 2.31. The van der Waals surface area contributed by atoms with E-state index in [4.69, 9.17) is 0 Å². The van der Waals surface area contributed by atoms with E-state index in [9.17, 15) is 18.0 Å². The molecule has 6 nitrogen and oxygen atoms in total. The summed E-state index contributed by atoms with van der Waals surface area (Å²) >= 11 is 0. The lowest BCUT2D eigenvalue weighted by atomic mass is 10.2. The van der Waals surface area contributed by atoms with E-state index in [-0.39, 0.29) is 30.5 Å². The van der Waals surface area contributed by atoms with Gasteiger partial charge >= 0.3 is 6.18 Å². The summed E-state index contributed by atoms with van der Waals surface area (Å²) in [5.74, 6) is -0.297. The third kappa shape index (κ3) is 10.00. The van der Waals surface area contributed by atoms with Crippen molar-refractivity contribution in [3.63, 3.8) is 0 Å². The van der Waals surface area contributed by atoms with Gasteiger partial charge in [-0.3, -0.25) is 9.79 Å². The molecule has 160 valence electrons. The summed E-state index contributed by atoms with van der Waals surface area (Å²) in [5, 5.41) is 5.80. The highest BCUT2D eigenvalue weighted by molar-refractivity contribution is 14.0. The molecule has 0 unspecified atom stereocenters. The van der Waals surface area contributed by atoms with Crippen LogP contribution >= 0.6 is 24.0 Å². The number of benzene rings is 1. The molecule has 1 aromatic carbocycles. The molecule has 0 spiro atoms. The Morgan fingerprint density at radius 2 is 1.93 bits per heavy atom. The zero-order valence-corrected chi connectivity index (χ0v) is 19.0. The predicted octanol–water partition coefficient (Wildman–Crippen LogP) is 2.63. The van der Waals surface area contributed by atoms with Gasteiger partial charge in [-0.15, -0.1) is 24.0 Å². The Morgan fingerprint density at radius 1 is 1.25 bits per heavy atom. The topological polar surface area (TPSA) is 60.0 Å². The summed E-state index contributed by atoms with van der Waals surface area (Å²) in [7, 11) is 2.66. The van der Waals surface area contributed by atoms with Gasteiger partial charge in [-0.1, -0.05) is 12.1 Å². The molecule has 0 aliphatic rings. The molecule has 0 radical (unpaired) electrons. The quantitative estimate of drug-likeness (QED) is 0.318. The summed E-state index contributed by atoms with van der Waals surface area (Å²) in [5.41, 5.74) is 2.30. The second kappa shape index (κ2) is 12.7. The van der Waals surface area contributed by atoms with Crippen molar-refractivity contribution in [3.05, 3.63) is 29.8 Å².